The van der Waals surface area contributed by atoms with E-state index in [1.165, 1.54) is 11.1 Å². The monoisotopic (exact) mass is 240 g/mol. The average Bonchev–Trinajstić information content (AvgIpc) is 2.38. The summed E-state index contributed by atoms with van der Waals surface area (Å²) in [6.45, 7) is 4.42. The Hall–Kier alpha value is -1.57. The van der Waals surface area contributed by atoms with Gasteiger partial charge in [0, 0.05) is 0 Å². The van der Waals surface area contributed by atoms with Gasteiger partial charge in [0.05, 0.1) is 0 Å². The maximum atomic E-state index is 12.9. The van der Waals surface area contributed by atoms with Crippen molar-refractivity contribution in [3.05, 3.63) is 71.5 Å². The van der Waals surface area contributed by atoms with Gasteiger partial charge < -0.3 is 0 Å². The lowest BCUT2D eigenvalue weighted by Gasteiger charge is -2.24. The Labute approximate surface area is 109 Å². The van der Waals surface area contributed by atoms with Crippen molar-refractivity contribution in [2.75, 3.05) is 0 Å². The minimum Gasteiger partial charge on any atom is -0.207 e. The minimum atomic E-state index is -0.169. The smallest absolute Gasteiger partial charge is 0.137 e. The third kappa shape index (κ3) is 3.22. The van der Waals surface area contributed by atoms with E-state index in [0.29, 0.717) is 0 Å². The molecule has 0 atom stereocenters. The van der Waals surface area contributed by atoms with Crippen LogP contribution >= 0.6 is 0 Å². The molecule has 0 aliphatic heterocycles. The van der Waals surface area contributed by atoms with E-state index >= 15 is 0 Å². The van der Waals surface area contributed by atoms with E-state index in [0.717, 1.165) is 13.6 Å². The van der Waals surface area contributed by atoms with Crippen LogP contribution in [0.2, 0.25) is 0 Å². The number of hydrogen-bond donors (Lipinski definition) is 0. The van der Waals surface area contributed by atoms with Crippen molar-refractivity contribution in [2.45, 2.75) is 25.5 Å². The van der Waals surface area contributed by atoms with Crippen LogP contribution in [0.25, 0.3) is 0 Å². The Morgan fingerprint density at radius 2 is 1.56 bits per heavy atom. The van der Waals surface area contributed by atoms with Crippen molar-refractivity contribution in [1.82, 2.24) is 0 Å². The molecule has 0 amide bonds. The molecule has 0 radical (unpaired) electrons. The Balaban J connectivity index is 2.05. The predicted molar refractivity (Wildman–Crippen MR) is 76.7 cm³/mol. The first-order chi connectivity index (χ1) is 8.58. The summed E-state index contributed by atoms with van der Waals surface area (Å²) in [5, 5.41) is 0.0730. The van der Waals surface area contributed by atoms with Gasteiger partial charge in [-0.05, 0) is 23.0 Å². The van der Waals surface area contributed by atoms with E-state index < -0.39 is 0 Å². The fourth-order valence-electron chi connectivity index (χ4n) is 2.15. The van der Waals surface area contributed by atoms with Gasteiger partial charge in [0.1, 0.15) is 13.1 Å². The van der Waals surface area contributed by atoms with Gasteiger partial charge in [-0.25, -0.2) is 4.39 Å². The van der Waals surface area contributed by atoms with Crippen LogP contribution < -0.4 is 0 Å². The van der Waals surface area contributed by atoms with Crippen molar-refractivity contribution < 1.29 is 4.39 Å². The highest BCUT2D eigenvalue weighted by molar-refractivity contribution is 6.39. The van der Waals surface area contributed by atoms with E-state index in [4.69, 9.17) is 0 Å². The molecule has 0 saturated carbocycles. The summed E-state index contributed by atoms with van der Waals surface area (Å²) >= 11 is 0. The molecule has 0 heterocycles. The molecule has 2 aromatic carbocycles. The first kappa shape index (κ1) is 12.9. The summed E-state index contributed by atoms with van der Waals surface area (Å²) in [4.78, 5) is 0. The van der Waals surface area contributed by atoms with Crippen LogP contribution in [0.3, 0.4) is 0 Å². The van der Waals surface area contributed by atoms with Crippen LogP contribution in [-0.2, 0) is 11.6 Å². The second-order valence-electron chi connectivity index (χ2n) is 5.38. The molecule has 0 saturated heterocycles. The van der Waals surface area contributed by atoms with Gasteiger partial charge in [-0.1, -0.05) is 68.2 Å². The van der Waals surface area contributed by atoms with Crippen molar-refractivity contribution in [1.29, 1.82) is 0 Å². The van der Waals surface area contributed by atoms with Crippen molar-refractivity contribution in [2.24, 2.45) is 0 Å². The first-order valence-corrected chi connectivity index (χ1v) is 6.38. The minimum absolute atomic E-state index is 0.0730. The van der Waals surface area contributed by atoms with Crippen molar-refractivity contribution in [3.8, 4) is 0 Å². The van der Waals surface area contributed by atoms with Crippen LogP contribution in [-0.4, -0.2) is 7.28 Å². The quantitative estimate of drug-likeness (QED) is 0.715. The maximum absolute atomic E-state index is 12.9. The van der Waals surface area contributed by atoms with Gasteiger partial charge in [-0.2, -0.15) is 0 Å². The molecule has 18 heavy (non-hydrogen) atoms. The lowest BCUT2D eigenvalue weighted by Crippen LogP contribution is -2.27. The highest BCUT2D eigenvalue weighted by Crippen LogP contribution is 2.23. The molecule has 0 unspecified atom stereocenters. The van der Waals surface area contributed by atoms with Crippen LogP contribution in [0.15, 0.2) is 54.6 Å². The Kier molecular flexibility index (Phi) is 3.85. The molecule has 0 N–H and O–H groups in total. The Morgan fingerprint density at radius 1 is 0.944 bits per heavy atom. The fraction of sp³-hybridized carbons (Fsp3) is 0.250. The second kappa shape index (κ2) is 5.39. The van der Waals surface area contributed by atoms with E-state index in [9.17, 15) is 4.39 Å². The molecule has 2 rings (SSSR count). The average molecular weight is 240 g/mol. The topological polar surface area (TPSA) is 0 Å². The van der Waals surface area contributed by atoms with Gasteiger partial charge >= 0.3 is 0 Å². The molecule has 92 valence electrons. The zero-order chi connectivity index (χ0) is 13.0. The largest absolute Gasteiger partial charge is 0.207 e. The number of hydrogen-bond acceptors (Lipinski definition) is 0. The number of rotatable bonds is 4. The standard InChI is InChI=1S/C16H18BF/c1-16(2,14-8-10-15(18)11-9-14)17-12-13-6-4-3-5-7-13/h3-11,17H,12H2,1-2H3. The molecule has 0 aromatic heterocycles. The summed E-state index contributed by atoms with van der Waals surface area (Å²) in [5.41, 5.74) is 2.55. The number of halogens is 1. The third-order valence-electron chi connectivity index (χ3n) is 3.51. The summed E-state index contributed by atoms with van der Waals surface area (Å²) in [6, 6.07) is 17.3. The zero-order valence-electron chi connectivity index (χ0n) is 11.0. The normalized spacial score (nSPS) is 11.3. The van der Waals surface area contributed by atoms with Gasteiger partial charge in [0.25, 0.3) is 0 Å². The Bertz CT molecular complexity index is 488. The predicted octanol–water partition coefficient (Wildman–Crippen LogP) is 3.70. The van der Waals surface area contributed by atoms with Gasteiger partial charge in [-0.3, -0.25) is 0 Å². The molecular weight excluding hydrogens is 222 g/mol. The van der Waals surface area contributed by atoms with Gasteiger partial charge in [0.15, 0.2) is 0 Å². The lowest BCUT2D eigenvalue weighted by molar-refractivity contribution is 0.624. The number of benzene rings is 2. The summed E-state index contributed by atoms with van der Waals surface area (Å²) in [7, 11) is 1.06. The van der Waals surface area contributed by atoms with Crippen LogP contribution in [0.5, 0.6) is 0 Å². The van der Waals surface area contributed by atoms with Gasteiger partial charge in [-0.15, -0.1) is 0 Å². The van der Waals surface area contributed by atoms with E-state index in [-0.39, 0.29) is 11.1 Å². The van der Waals surface area contributed by atoms with E-state index in [1.54, 1.807) is 12.1 Å². The van der Waals surface area contributed by atoms with Crippen molar-refractivity contribution >= 4 is 7.28 Å². The molecule has 2 aromatic rings. The van der Waals surface area contributed by atoms with Crippen LogP contribution in [0.1, 0.15) is 25.0 Å². The zero-order valence-corrected chi connectivity index (χ0v) is 11.0. The van der Waals surface area contributed by atoms with Crippen molar-refractivity contribution in [3.63, 3.8) is 0 Å². The molecule has 0 bridgehead atoms. The fourth-order valence-corrected chi connectivity index (χ4v) is 2.15. The molecule has 0 spiro atoms. The van der Waals surface area contributed by atoms with E-state index in [1.807, 2.05) is 18.2 Å². The molecule has 0 aliphatic carbocycles. The summed E-state index contributed by atoms with van der Waals surface area (Å²) in [6.07, 6.45) is 1.05. The molecule has 0 fully saturated rings. The van der Waals surface area contributed by atoms with Gasteiger partial charge in [0.2, 0.25) is 0 Å². The molecule has 2 heteroatoms. The Morgan fingerprint density at radius 3 is 2.17 bits per heavy atom. The highest BCUT2D eigenvalue weighted by Gasteiger charge is 2.21. The summed E-state index contributed by atoms with van der Waals surface area (Å²) < 4.78 is 12.9. The molecular formula is C16H18BF. The van der Waals surface area contributed by atoms with Crippen LogP contribution in [0, 0.1) is 5.82 Å². The lowest BCUT2D eigenvalue weighted by atomic mass is 9.49. The molecule has 0 nitrogen and oxygen atoms in total. The van der Waals surface area contributed by atoms with E-state index in [2.05, 4.69) is 38.1 Å². The van der Waals surface area contributed by atoms with Crippen LogP contribution in [0.4, 0.5) is 4.39 Å². The third-order valence-corrected chi connectivity index (χ3v) is 3.51. The summed E-state index contributed by atoms with van der Waals surface area (Å²) in [5.74, 6) is -0.169. The second-order valence-corrected chi connectivity index (χ2v) is 5.38. The highest BCUT2D eigenvalue weighted by atomic mass is 19.1. The SMILES string of the molecule is CC(C)(BCc1ccccc1)c1ccc(F)cc1. The first-order valence-electron chi connectivity index (χ1n) is 6.38. The molecule has 0 aliphatic rings. The maximum Gasteiger partial charge on any atom is 0.137 e.